The van der Waals surface area contributed by atoms with Gasteiger partial charge in [0.15, 0.2) is 0 Å². The summed E-state index contributed by atoms with van der Waals surface area (Å²) in [4.78, 5) is 37.3. The molecule has 0 aromatic heterocycles. The van der Waals surface area contributed by atoms with E-state index in [-0.39, 0.29) is 11.5 Å². The van der Waals surface area contributed by atoms with Gasteiger partial charge in [0, 0.05) is 11.1 Å². The van der Waals surface area contributed by atoms with E-state index < -0.39 is 11.8 Å². The van der Waals surface area contributed by atoms with Gasteiger partial charge < -0.3 is 5.32 Å². The predicted octanol–water partition coefficient (Wildman–Crippen LogP) is 3.63. The van der Waals surface area contributed by atoms with Crippen molar-refractivity contribution < 1.29 is 14.4 Å². The number of carbonyl (C=O) groups excluding carboxylic acids is 3. The SMILES string of the molecule is Cc1ccc(C(=O)NNC(=O)c2ccccc2NC(=O)c2ccccc2)c(C)c1. The van der Waals surface area contributed by atoms with Crippen LogP contribution in [0.4, 0.5) is 5.69 Å². The van der Waals surface area contributed by atoms with Crippen LogP contribution in [-0.2, 0) is 0 Å². The first-order valence-corrected chi connectivity index (χ1v) is 9.09. The van der Waals surface area contributed by atoms with Gasteiger partial charge in [0.2, 0.25) is 0 Å². The lowest BCUT2D eigenvalue weighted by Gasteiger charge is -2.13. The van der Waals surface area contributed by atoms with E-state index in [9.17, 15) is 14.4 Å². The smallest absolute Gasteiger partial charge is 0.271 e. The van der Waals surface area contributed by atoms with Crippen molar-refractivity contribution in [2.75, 3.05) is 5.32 Å². The number of hydrazine groups is 1. The fourth-order valence-corrected chi connectivity index (χ4v) is 2.89. The van der Waals surface area contributed by atoms with Gasteiger partial charge in [-0.2, -0.15) is 0 Å². The van der Waals surface area contributed by atoms with Gasteiger partial charge in [0.05, 0.1) is 11.3 Å². The molecule has 0 radical (unpaired) electrons. The van der Waals surface area contributed by atoms with Crippen LogP contribution in [0, 0.1) is 13.8 Å². The first-order chi connectivity index (χ1) is 14.0. The Bertz CT molecular complexity index is 1060. The molecule has 0 aliphatic rings. The number of rotatable bonds is 4. The quantitative estimate of drug-likeness (QED) is 0.598. The van der Waals surface area contributed by atoms with Gasteiger partial charge in [-0.1, -0.05) is 48.0 Å². The number of anilines is 1. The van der Waals surface area contributed by atoms with Crippen LogP contribution in [0.5, 0.6) is 0 Å². The van der Waals surface area contributed by atoms with E-state index in [1.165, 1.54) is 0 Å². The van der Waals surface area contributed by atoms with E-state index in [1.807, 2.05) is 32.0 Å². The Kier molecular flexibility index (Phi) is 6.04. The molecule has 3 rings (SSSR count). The second-order valence-electron chi connectivity index (χ2n) is 6.59. The van der Waals surface area contributed by atoms with Crippen molar-refractivity contribution in [2.24, 2.45) is 0 Å². The van der Waals surface area contributed by atoms with E-state index in [4.69, 9.17) is 0 Å². The summed E-state index contributed by atoms with van der Waals surface area (Å²) >= 11 is 0. The second-order valence-corrected chi connectivity index (χ2v) is 6.59. The number of amides is 3. The fourth-order valence-electron chi connectivity index (χ4n) is 2.89. The van der Waals surface area contributed by atoms with Crippen molar-refractivity contribution >= 4 is 23.4 Å². The second kappa shape index (κ2) is 8.84. The number of nitrogens with one attached hydrogen (secondary N) is 3. The van der Waals surface area contributed by atoms with Gasteiger partial charge in [0.1, 0.15) is 0 Å². The van der Waals surface area contributed by atoms with Gasteiger partial charge in [-0.15, -0.1) is 0 Å². The highest BCUT2D eigenvalue weighted by molar-refractivity contribution is 6.09. The maximum atomic E-state index is 12.6. The summed E-state index contributed by atoms with van der Waals surface area (Å²) < 4.78 is 0. The zero-order valence-electron chi connectivity index (χ0n) is 16.2. The molecule has 0 spiro atoms. The third-order valence-electron chi connectivity index (χ3n) is 4.37. The molecule has 0 aliphatic heterocycles. The Labute approximate surface area is 168 Å². The average Bonchev–Trinajstić information content (AvgIpc) is 2.72. The van der Waals surface area contributed by atoms with Crippen molar-refractivity contribution in [1.29, 1.82) is 0 Å². The van der Waals surface area contributed by atoms with E-state index >= 15 is 0 Å². The van der Waals surface area contributed by atoms with Crippen LogP contribution in [0.2, 0.25) is 0 Å². The number of carbonyl (C=O) groups is 3. The molecule has 0 aliphatic carbocycles. The van der Waals surface area contributed by atoms with Crippen molar-refractivity contribution in [3.8, 4) is 0 Å². The average molecular weight is 387 g/mol. The van der Waals surface area contributed by atoms with Crippen LogP contribution in [0.15, 0.2) is 72.8 Å². The van der Waals surface area contributed by atoms with Crippen LogP contribution >= 0.6 is 0 Å². The molecule has 29 heavy (non-hydrogen) atoms. The summed E-state index contributed by atoms with van der Waals surface area (Å²) in [5.74, 6) is -1.28. The van der Waals surface area contributed by atoms with Gasteiger partial charge in [-0.3, -0.25) is 25.2 Å². The summed E-state index contributed by atoms with van der Waals surface area (Å²) in [6.07, 6.45) is 0. The Morgan fingerprint density at radius 2 is 1.28 bits per heavy atom. The Morgan fingerprint density at radius 1 is 0.655 bits per heavy atom. The topological polar surface area (TPSA) is 87.3 Å². The maximum Gasteiger partial charge on any atom is 0.271 e. The largest absolute Gasteiger partial charge is 0.321 e. The highest BCUT2D eigenvalue weighted by Crippen LogP contribution is 2.16. The fraction of sp³-hybridized carbons (Fsp3) is 0.0870. The molecule has 0 fully saturated rings. The molecule has 0 saturated carbocycles. The monoisotopic (exact) mass is 387 g/mol. The van der Waals surface area contributed by atoms with Crippen LogP contribution in [0.3, 0.4) is 0 Å². The van der Waals surface area contributed by atoms with Gasteiger partial charge in [-0.25, -0.2) is 0 Å². The van der Waals surface area contributed by atoms with Crippen LogP contribution in [0.1, 0.15) is 42.2 Å². The standard InChI is InChI=1S/C23H21N3O3/c1-15-12-13-18(16(2)14-15)22(28)25-26-23(29)19-10-6-7-11-20(19)24-21(27)17-8-4-3-5-9-17/h3-14H,1-2H3,(H,24,27)(H,25,28)(H,26,29). The van der Waals surface area contributed by atoms with Gasteiger partial charge in [0.25, 0.3) is 17.7 Å². The number of para-hydroxylation sites is 1. The third kappa shape index (κ3) is 4.87. The molecule has 3 N–H and O–H groups in total. The molecule has 3 amide bonds. The molecular formula is C23H21N3O3. The van der Waals surface area contributed by atoms with Crippen LogP contribution in [-0.4, -0.2) is 17.7 Å². The first kappa shape index (κ1) is 19.8. The van der Waals surface area contributed by atoms with E-state index in [1.54, 1.807) is 54.6 Å². The molecule has 0 heterocycles. The zero-order valence-corrected chi connectivity index (χ0v) is 16.2. The minimum absolute atomic E-state index is 0.234. The Morgan fingerprint density at radius 3 is 1.97 bits per heavy atom. The molecule has 6 heteroatoms. The molecule has 146 valence electrons. The van der Waals surface area contributed by atoms with Gasteiger partial charge in [-0.05, 0) is 49.7 Å². The molecule has 3 aromatic rings. The predicted molar refractivity (Wildman–Crippen MR) is 112 cm³/mol. The lowest BCUT2D eigenvalue weighted by atomic mass is 10.1. The van der Waals surface area contributed by atoms with Crippen molar-refractivity contribution in [1.82, 2.24) is 10.9 Å². The highest BCUT2D eigenvalue weighted by atomic mass is 16.2. The summed E-state index contributed by atoms with van der Waals surface area (Å²) in [5.41, 5.74) is 8.21. The van der Waals surface area contributed by atoms with E-state index in [0.717, 1.165) is 11.1 Å². The van der Waals surface area contributed by atoms with Crippen molar-refractivity contribution in [3.05, 3.63) is 101 Å². The third-order valence-corrected chi connectivity index (χ3v) is 4.37. The normalized spacial score (nSPS) is 10.1. The molecule has 3 aromatic carbocycles. The molecular weight excluding hydrogens is 366 g/mol. The minimum atomic E-state index is -0.535. The molecule has 0 bridgehead atoms. The Balaban J connectivity index is 1.70. The number of hydrogen-bond donors (Lipinski definition) is 3. The summed E-state index contributed by atoms with van der Waals surface area (Å²) in [6, 6.07) is 20.7. The van der Waals surface area contributed by atoms with E-state index in [0.29, 0.717) is 16.8 Å². The number of hydrogen-bond acceptors (Lipinski definition) is 3. The lowest BCUT2D eigenvalue weighted by molar-refractivity contribution is 0.0846. The highest BCUT2D eigenvalue weighted by Gasteiger charge is 2.15. The summed E-state index contributed by atoms with van der Waals surface area (Å²) in [7, 11) is 0. The van der Waals surface area contributed by atoms with Gasteiger partial charge >= 0.3 is 0 Å². The van der Waals surface area contributed by atoms with Crippen LogP contribution in [0.25, 0.3) is 0 Å². The Hall–Kier alpha value is -3.93. The zero-order chi connectivity index (χ0) is 20.8. The molecule has 0 saturated heterocycles. The van der Waals surface area contributed by atoms with E-state index in [2.05, 4.69) is 16.2 Å². The number of aryl methyl sites for hydroxylation is 2. The van der Waals surface area contributed by atoms with Crippen molar-refractivity contribution in [2.45, 2.75) is 13.8 Å². The number of benzene rings is 3. The molecule has 0 atom stereocenters. The lowest BCUT2D eigenvalue weighted by Crippen LogP contribution is -2.42. The molecule has 6 nitrogen and oxygen atoms in total. The summed E-state index contributed by atoms with van der Waals surface area (Å²) in [5, 5.41) is 2.73. The minimum Gasteiger partial charge on any atom is -0.321 e. The maximum absolute atomic E-state index is 12.6. The molecule has 0 unspecified atom stereocenters. The van der Waals surface area contributed by atoms with Crippen LogP contribution < -0.4 is 16.2 Å². The summed E-state index contributed by atoms with van der Waals surface area (Å²) in [6.45, 7) is 3.77. The van der Waals surface area contributed by atoms with Crippen molar-refractivity contribution in [3.63, 3.8) is 0 Å². The first-order valence-electron chi connectivity index (χ1n) is 9.09.